The van der Waals surface area contributed by atoms with Crippen molar-refractivity contribution in [2.75, 3.05) is 24.7 Å². The van der Waals surface area contributed by atoms with E-state index in [1.54, 1.807) is 31.1 Å². The summed E-state index contributed by atoms with van der Waals surface area (Å²) < 4.78 is 46.9. The van der Waals surface area contributed by atoms with Gasteiger partial charge in [-0.1, -0.05) is 19.6 Å². The lowest BCUT2D eigenvalue weighted by Crippen LogP contribution is -2.28. The van der Waals surface area contributed by atoms with Gasteiger partial charge in [0.2, 0.25) is 11.8 Å². The number of alkyl halides is 3. The lowest BCUT2D eigenvalue weighted by molar-refractivity contribution is -0.138. The minimum absolute atomic E-state index is 0. The Morgan fingerprint density at radius 2 is 1.77 bits per heavy atom. The maximum absolute atomic E-state index is 13.6. The summed E-state index contributed by atoms with van der Waals surface area (Å²) in [4.78, 5) is 30.0. The van der Waals surface area contributed by atoms with E-state index in [9.17, 15) is 22.8 Å². The molecule has 7 nitrogen and oxygen atoms in total. The third kappa shape index (κ3) is 7.79. The number of carbonyl (C=O) groups excluding carboxylic acids is 2. The summed E-state index contributed by atoms with van der Waals surface area (Å²) in [6, 6.07) is 12.9. The number of benzene rings is 2. The topological polar surface area (TPSA) is 83.6 Å². The number of carbonyl (C=O) groups is 2. The van der Waals surface area contributed by atoms with Crippen LogP contribution in [0.25, 0.3) is 0 Å². The summed E-state index contributed by atoms with van der Waals surface area (Å²) in [5, 5.41) is 5.29. The van der Waals surface area contributed by atoms with Crippen LogP contribution in [-0.2, 0) is 35.2 Å². The summed E-state index contributed by atoms with van der Waals surface area (Å²) in [5.41, 5.74) is 1.57. The molecule has 2 N–H and O–H groups in total. The minimum atomic E-state index is -4.52. The highest BCUT2D eigenvalue weighted by atomic mass is 19.4. The first-order chi connectivity index (χ1) is 18.0. The van der Waals surface area contributed by atoms with E-state index in [0.717, 1.165) is 17.2 Å². The van der Waals surface area contributed by atoms with Crippen LogP contribution in [-0.4, -0.2) is 35.8 Å². The van der Waals surface area contributed by atoms with E-state index in [1.165, 1.54) is 25.3 Å². The fourth-order valence-corrected chi connectivity index (χ4v) is 4.52. The van der Waals surface area contributed by atoms with Crippen molar-refractivity contribution in [3.63, 3.8) is 0 Å². The number of rotatable bonds is 7. The molecule has 39 heavy (non-hydrogen) atoms. The fourth-order valence-electron chi connectivity index (χ4n) is 4.52. The zero-order chi connectivity index (χ0) is 27.4. The molecule has 208 valence electrons. The van der Waals surface area contributed by atoms with Gasteiger partial charge in [-0.15, -0.1) is 0 Å². The van der Waals surface area contributed by atoms with Crippen LogP contribution in [0.1, 0.15) is 43.0 Å². The lowest BCUT2D eigenvalue weighted by atomic mass is 9.83. The molecule has 3 aromatic rings. The number of fused-ring (bicyclic) bond motifs is 1. The van der Waals surface area contributed by atoms with Crippen molar-refractivity contribution in [3.05, 3.63) is 77.0 Å². The van der Waals surface area contributed by atoms with Gasteiger partial charge in [0.15, 0.2) is 0 Å². The fraction of sp³-hybridized carbons (Fsp3) is 0.345. The summed E-state index contributed by atoms with van der Waals surface area (Å²) in [6.45, 7) is 1.53. The monoisotopic (exact) mass is 542 g/mol. The molecule has 0 saturated heterocycles. The summed E-state index contributed by atoms with van der Waals surface area (Å²) in [5.74, 6) is 0.480. The number of ether oxygens (including phenoxy) is 1. The molecule has 0 radical (unpaired) electrons. The normalized spacial score (nSPS) is 14.7. The Morgan fingerprint density at radius 3 is 2.46 bits per heavy atom. The zero-order valence-electron chi connectivity index (χ0n) is 21.4. The number of nitrogens with zero attached hydrogens (tertiary/aromatic N) is 2. The summed E-state index contributed by atoms with van der Waals surface area (Å²) in [6.07, 6.45) is -1.29. The highest BCUT2D eigenvalue weighted by Gasteiger charge is 2.34. The predicted molar refractivity (Wildman–Crippen MR) is 145 cm³/mol. The Bertz CT molecular complexity index is 1340. The van der Waals surface area contributed by atoms with Crippen molar-refractivity contribution in [3.8, 4) is 11.5 Å². The lowest BCUT2D eigenvalue weighted by Gasteiger charge is -2.25. The van der Waals surface area contributed by atoms with Crippen LogP contribution in [0.2, 0.25) is 0 Å². The summed E-state index contributed by atoms with van der Waals surface area (Å²) in [7, 11) is 3.40. The molecule has 1 aliphatic rings. The molecule has 0 bridgehead atoms. The van der Waals surface area contributed by atoms with E-state index >= 15 is 0 Å². The Hall–Kier alpha value is -3.92. The largest absolute Gasteiger partial charge is 0.457 e. The van der Waals surface area contributed by atoms with Gasteiger partial charge in [0.1, 0.15) is 17.3 Å². The van der Waals surface area contributed by atoms with E-state index in [0.29, 0.717) is 36.6 Å². The second-order valence-electron chi connectivity index (χ2n) is 9.63. The van der Waals surface area contributed by atoms with Gasteiger partial charge in [0.05, 0.1) is 5.56 Å². The first-order valence-electron chi connectivity index (χ1n) is 12.2. The number of hydrogen-bond acceptors (Lipinski definition) is 5. The molecular formula is C29H33F3N4O3. The Balaban J connectivity index is 0.00000420. The van der Waals surface area contributed by atoms with Crippen LogP contribution in [0.15, 0.2) is 54.7 Å². The maximum atomic E-state index is 13.6. The van der Waals surface area contributed by atoms with Gasteiger partial charge in [-0.3, -0.25) is 9.59 Å². The first kappa shape index (κ1) is 29.6. The van der Waals surface area contributed by atoms with Crippen molar-refractivity contribution in [1.29, 1.82) is 0 Å². The highest BCUT2D eigenvalue weighted by molar-refractivity contribution is 5.93. The number of amides is 2. The van der Waals surface area contributed by atoms with E-state index in [4.69, 9.17) is 4.74 Å². The van der Waals surface area contributed by atoms with Gasteiger partial charge >= 0.3 is 6.18 Å². The predicted octanol–water partition coefficient (Wildman–Crippen LogP) is 6.29. The molecule has 2 aromatic carbocycles. The SMILES string of the molecule is C.CC(=O)Nc1cc(Oc2ccc3c(c2)CC(C(=O)Nc2ccc(CN(C)C)c(C(F)(F)F)c2)CC3)ccn1. The standard InChI is InChI=1S/C28H29F3N4O3.CH4/c1-17(36)33-26-15-24(10-11-32-26)38-23-9-7-18-4-5-19(12-21(18)13-23)27(37)34-22-8-6-20(16-35(2)3)25(14-22)28(29,30)31;/h6-11,13-15,19H,4-5,12,16H2,1-3H3,(H,34,37)(H,32,33,36);1H4. The molecule has 1 aromatic heterocycles. The van der Waals surface area contributed by atoms with Gasteiger partial charge in [-0.05, 0) is 80.4 Å². The van der Waals surface area contributed by atoms with Crippen LogP contribution in [0.3, 0.4) is 0 Å². The smallest absolute Gasteiger partial charge is 0.416 e. The average molecular weight is 543 g/mol. The van der Waals surface area contributed by atoms with Gasteiger partial charge in [0.25, 0.3) is 0 Å². The number of anilines is 2. The first-order valence-corrected chi connectivity index (χ1v) is 12.2. The average Bonchev–Trinajstić information content (AvgIpc) is 2.83. The minimum Gasteiger partial charge on any atom is -0.457 e. The number of aryl methyl sites for hydroxylation is 1. The van der Waals surface area contributed by atoms with Crippen molar-refractivity contribution in [1.82, 2.24) is 9.88 Å². The molecule has 1 atom stereocenters. The maximum Gasteiger partial charge on any atom is 0.416 e. The second-order valence-corrected chi connectivity index (χ2v) is 9.63. The molecule has 0 saturated carbocycles. The third-order valence-electron chi connectivity index (χ3n) is 6.22. The number of halogens is 3. The van der Waals surface area contributed by atoms with E-state index in [1.807, 2.05) is 18.2 Å². The molecular weight excluding hydrogens is 509 g/mol. The molecule has 10 heteroatoms. The number of hydrogen-bond donors (Lipinski definition) is 2. The molecule has 2 amide bonds. The molecule has 4 rings (SSSR count). The van der Waals surface area contributed by atoms with Gasteiger partial charge in [-0.2, -0.15) is 13.2 Å². The molecule has 1 unspecified atom stereocenters. The van der Waals surface area contributed by atoms with E-state index in [-0.39, 0.29) is 43.0 Å². The van der Waals surface area contributed by atoms with Crippen LogP contribution in [0.5, 0.6) is 11.5 Å². The van der Waals surface area contributed by atoms with E-state index < -0.39 is 11.7 Å². The molecule has 0 aliphatic heterocycles. The Kier molecular flexibility index (Phi) is 9.34. The molecule has 0 fully saturated rings. The van der Waals surface area contributed by atoms with Crippen molar-refractivity contribution in [2.45, 2.75) is 46.3 Å². The Morgan fingerprint density at radius 1 is 1.03 bits per heavy atom. The van der Waals surface area contributed by atoms with E-state index in [2.05, 4.69) is 15.6 Å². The highest BCUT2D eigenvalue weighted by Crippen LogP contribution is 2.35. The van der Waals surface area contributed by atoms with Gasteiger partial charge in [-0.25, -0.2) is 4.98 Å². The van der Waals surface area contributed by atoms with Crippen LogP contribution in [0, 0.1) is 5.92 Å². The quantitative estimate of drug-likeness (QED) is 0.367. The van der Waals surface area contributed by atoms with Crippen molar-refractivity contribution in [2.24, 2.45) is 5.92 Å². The van der Waals surface area contributed by atoms with Crippen molar-refractivity contribution < 1.29 is 27.5 Å². The van der Waals surface area contributed by atoms with Crippen LogP contribution < -0.4 is 15.4 Å². The molecule has 1 aliphatic carbocycles. The summed E-state index contributed by atoms with van der Waals surface area (Å²) >= 11 is 0. The third-order valence-corrected chi connectivity index (χ3v) is 6.22. The zero-order valence-corrected chi connectivity index (χ0v) is 21.4. The number of nitrogens with one attached hydrogen (secondary N) is 2. The number of aromatic nitrogens is 1. The van der Waals surface area contributed by atoms with Gasteiger partial charge in [0, 0.05) is 37.3 Å². The van der Waals surface area contributed by atoms with Crippen molar-refractivity contribution >= 4 is 23.3 Å². The molecule has 0 spiro atoms. The number of pyridine rings is 1. The van der Waals surface area contributed by atoms with Crippen LogP contribution in [0.4, 0.5) is 24.7 Å². The molecule has 1 heterocycles. The van der Waals surface area contributed by atoms with Crippen LogP contribution >= 0.6 is 0 Å². The Labute approximate surface area is 226 Å². The second kappa shape index (κ2) is 12.3. The van der Waals surface area contributed by atoms with Gasteiger partial charge < -0.3 is 20.3 Å².